The highest BCUT2D eigenvalue weighted by atomic mass is 32.1. The fourth-order valence-corrected chi connectivity index (χ4v) is 3.38. The zero-order valence-electron chi connectivity index (χ0n) is 15.8. The Bertz CT molecular complexity index is 1120. The maximum absolute atomic E-state index is 12.2. The van der Waals surface area contributed by atoms with Gasteiger partial charge in [0.1, 0.15) is 0 Å². The maximum Gasteiger partial charge on any atom is 0.291 e. The molecule has 30 heavy (non-hydrogen) atoms. The molecule has 0 bridgehead atoms. The molecular weight excluding hydrogens is 404 g/mol. The highest BCUT2D eigenvalue weighted by Crippen LogP contribution is 2.21. The van der Waals surface area contributed by atoms with Crippen molar-refractivity contribution in [3.8, 4) is 10.7 Å². The molecule has 2 amide bonds. The Labute approximate surface area is 175 Å². The third-order valence-electron chi connectivity index (χ3n) is 4.20. The summed E-state index contributed by atoms with van der Waals surface area (Å²) in [5.41, 5.74) is 1.48. The van der Waals surface area contributed by atoms with Crippen LogP contribution >= 0.6 is 11.3 Å². The van der Waals surface area contributed by atoms with Crippen molar-refractivity contribution in [2.24, 2.45) is 0 Å². The van der Waals surface area contributed by atoms with Crippen molar-refractivity contribution in [2.45, 2.75) is 19.4 Å². The van der Waals surface area contributed by atoms with Crippen LogP contribution in [0.1, 0.15) is 28.4 Å². The van der Waals surface area contributed by atoms with E-state index in [1.807, 2.05) is 29.6 Å². The molecule has 2 N–H and O–H groups in total. The van der Waals surface area contributed by atoms with E-state index in [1.165, 1.54) is 17.6 Å². The van der Waals surface area contributed by atoms with E-state index in [0.717, 1.165) is 10.4 Å². The van der Waals surface area contributed by atoms with E-state index in [-0.39, 0.29) is 24.0 Å². The normalized spacial score (nSPS) is 10.7. The van der Waals surface area contributed by atoms with Gasteiger partial charge in [0.2, 0.25) is 17.6 Å². The lowest BCUT2D eigenvalue weighted by Gasteiger charge is -2.08. The van der Waals surface area contributed by atoms with Crippen LogP contribution in [-0.2, 0) is 17.8 Å². The van der Waals surface area contributed by atoms with Gasteiger partial charge in [-0.3, -0.25) is 9.59 Å². The highest BCUT2D eigenvalue weighted by Gasteiger charge is 2.12. The second-order valence-electron chi connectivity index (χ2n) is 6.40. The number of carbonyl (C=O) groups excluding carboxylic acids is 2. The lowest BCUT2D eigenvalue weighted by molar-refractivity contribution is -0.121. The molecular formula is C21H18N4O4S. The average Bonchev–Trinajstić information content (AvgIpc) is 3.52. The van der Waals surface area contributed by atoms with Crippen molar-refractivity contribution < 1.29 is 18.5 Å². The number of aryl methyl sites for hydroxylation is 1. The standard InChI is InChI=1S/C21H18N4O4S/c26-18(8-9-19-24-20(25-29-19)17-7-3-11-30-17)22-13-14-4-1-5-15(12-14)23-21(27)16-6-2-10-28-16/h1-7,10-12H,8-9,13H2,(H,22,26)(H,23,27). The van der Waals surface area contributed by atoms with Crippen molar-refractivity contribution in [3.63, 3.8) is 0 Å². The number of benzene rings is 1. The number of nitrogens with one attached hydrogen (secondary N) is 2. The van der Waals surface area contributed by atoms with Crippen LogP contribution in [0.3, 0.4) is 0 Å². The average molecular weight is 422 g/mol. The first-order chi connectivity index (χ1) is 14.7. The number of anilines is 1. The van der Waals surface area contributed by atoms with E-state index in [4.69, 9.17) is 8.94 Å². The summed E-state index contributed by atoms with van der Waals surface area (Å²) in [4.78, 5) is 29.5. The molecule has 0 radical (unpaired) electrons. The summed E-state index contributed by atoms with van der Waals surface area (Å²) in [6, 6.07) is 14.3. The summed E-state index contributed by atoms with van der Waals surface area (Å²) in [6.07, 6.45) is 2.04. The van der Waals surface area contributed by atoms with Crippen molar-refractivity contribution in [2.75, 3.05) is 5.32 Å². The highest BCUT2D eigenvalue weighted by molar-refractivity contribution is 7.13. The molecule has 0 unspecified atom stereocenters. The fraction of sp³-hybridized carbons (Fsp3) is 0.143. The fourth-order valence-electron chi connectivity index (χ4n) is 2.73. The van der Waals surface area contributed by atoms with Crippen LogP contribution in [0.25, 0.3) is 10.7 Å². The van der Waals surface area contributed by atoms with E-state index in [2.05, 4.69) is 20.8 Å². The van der Waals surface area contributed by atoms with Gasteiger partial charge in [-0.1, -0.05) is 23.4 Å². The Morgan fingerprint density at radius 2 is 2.03 bits per heavy atom. The van der Waals surface area contributed by atoms with Gasteiger partial charge in [-0.25, -0.2) is 0 Å². The molecule has 0 saturated carbocycles. The lowest BCUT2D eigenvalue weighted by Crippen LogP contribution is -2.23. The van der Waals surface area contributed by atoms with E-state index < -0.39 is 0 Å². The second kappa shape index (κ2) is 9.19. The van der Waals surface area contributed by atoms with Crippen LogP contribution in [0.5, 0.6) is 0 Å². The van der Waals surface area contributed by atoms with Crippen molar-refractivity contribution in [1.82, 2.24) is 15.5 Å². The molecule has 9 heteroatoms. The third kappa shape index (κ3) is 5.00. The van der Waals surface area contributed by atoms with Gasteiger partial charge < -0.3 is 19.6 Å². The number of hydrogen-bond acceptors (Lipinski definition) is 7. The van der Waals surface area contributed by atoms with Crippen LogP contribution in [0.15, 0.2) is 69.1 Å². The molecule has 8 nitrogen and oxygen atoms in total. The maximum atomic E-state index is 12.2. The Kier molecular flexibility index (Phi) is 6.00. The first kappa shape index (κ1) is 19.6. The number of rotatable bonds is 8. The van der Waals surface area contributed by atoms with Crippen LogP contribution in [-0.4, -0.2) is 22.0 Å². The minimum Gasteiger partial charge on any atom is -0.459 e. The smallest absolute Gasteiger partial charge is 0.291 e. The first-order valence-electron chi connectivity index (χ1n) is 9.24. The van der Waals surface area contributed by atoms with Gasteiger partial charge >= 0.3 is 0 Å². The Hall–Kier alpha value is -3.72. The van der Waals surface area contributed by atoms with Gasteiger partial charge in [0.05, 0.1) is 11.1 Å². The summed E-state index contributed by atoms with van der Waals surface area (Å²) in [6.45, 7) is 0.341. The molecule has 4 aromatic rings. The van der Waals surface area contributed by atoms with Crippen LogP contribution in [0.4, 0.5) is 5.69 Å². The molecule has 3 heterocycles. The minimum atomic E-state index is -0.331. The second-order valence-corrected chi connectivity index (χ2v) is 7.35. The zero-order valence-corrected chi connectivity index (χ0v) is 16.6. The Balaban J connectivity index is 1.25. The number of nitrogens with zero attached hydrogens (tertiary/aromatic N) is 2. The van der Waals surface area contributed by atoms with Gasteiger partial charge in [-0.2, -0.15) is 4.98 Å². The molecule has 3 aromatic heterocycles. The summed E-state index contributed by atoms with van der Waals surface area (Å²) >= 11 is 1.53. The number of furan rings is 1. The van der Waals surface area contributed by atoms with E-state index >= 15 is 0 Å². The van der Waals surface area contributed by atoms with Crippen molar-refractivity contribution >= 4 is 28.8 Å². The number of thiophene rings is 1. The lowest BCUT2D eigenvalue weighted by atomic mass is 10.2. The third-order valence-corrected chi connectivity index (χ3v) is 5.06. The predicted molar refractivity (Wildman–Crippen MR) is 111 cm³/mol. The molecule has 1 aromatic carbocycles. The summed E-state index contributed by atoms with van der Waals surface area (Å²) < 4.78 is 10.3. The summed E-state index contributed by atoms with van der Waals surface area (Å²) in [5, 5.41) is 11.5. The van der Waals surface area contributed by atoms with Crippen molar-refractivity contribution in [3.05, 3.63) is 77.4 Å². The summed E-state index contributed by atoms with van der Waals surface area (Å²) in [7, 11) is 0. The largest absolute Gasteiger partial charge is 0.459 e. The van der Waals surface area contributed by atoms with Crippen LogP contribution in [0, 0.1) is 0 Å². The number of carbonyl (C=O) groups is 2. The molecule has 4 rings (SSSR count). The SMILES string of the molecule is O=C(CCc1nc(-c2cccs2)no1)NCc1cccc(NC(=O)c2ccco2)c1. The Morgan fingerprint density at radius 3 is 2.83 bits per heavy atom. The molecule has 0 aliphatic heterocycles. The number of aromatic nitrogens is 2. The van der Waals surface area contributed by atoms with E-state index in [1.54, 1.807) is 24.3 Å². The van der Waals surface area contributed by atoms with Gasteiger partial charge in [-0.05, 0) is 41.3 Å². The minimum absolute atomic E-state index is 0.129. The molecule has 0 aliphatic carbocycles. The number of hydrogen-bond donors (Lipinski definition) is 2. The quantitative estimate of drug-likeness (QED) is 0.446. The molecule has 0 fully saturated rings. The first-order valence-corrected chi connectivity index (χ1v) is 10.1. The van der Waals surface area contributed by atoms with Crippen LogP contribution in [0.2, 0.25) is 0 Å². The van der Waals surface area contributed by atoms with Gasteiger partial charge in [-0.15, -0.1) is 11.3 Å². The topological polar surface area (TPSA) is 110 Å². The Morgan fingerprint density at radius 1 is 1.10 bits per heavy atom. The van der Waals surface area contributed by atoms with Gasteiger partial charge in [0.25, 0.3) is 5.91 Å². The molecule has 0 saturated heterocycles. The van der Waals surface area contributed by atoms with Gasteiger partial charge in [0.15, 0.2) is 5.76 Å². The monoisotopic (exact) mass is 422 g/mol. The molecule has 0 aliphatic rings. The summed E-state index contributed by atoms with van der Waals surface area (Å²) in [5.74, 6) is 0.737. The number of amides is 2. The molecule has 0 atom stereocenters. The zero-order chi connectivity index (χ0) is 20.8. The van der Waals surface area contributed by atoms with Crippen molar-refractivity contribution in [1.29, 1.82) is 0 Å². The van der Waals surface area contributed by atoms with E-state index in [0.29, 0.717) is 30.4 Å². The van der Waals surface area contributed by atoms with E-state index in [9.17, 15) is 9.59 Å². The molecule has 152 valence electrons. The van der Waals surface area contributed by atoms with Crippen LogP contribution < -0.4 is 10.6 Å². The van der Waals surface area contributed by atoms with Gasteiger partial charge in [0, 0.05) is 25.1 Å². The predicted octanol–water partition coefficient (Wildman–Crippen LogP) is 3.89. The molecule has 0 spiro atoms.